The molecule has 0 saturated carbocycles. The van der Waals surface area contributed by atoms with E-state index >= 15 is 0 Å². The van der Waals surface area contributed by atoms with Crippen molar-refractivity contribution in [2.24, 2.45) is 27.7 Å². The second kappa shape index (κ2) is 7.94. The van der Waals surface area contributed by atoms with Gasteiger partial charge in [0.1, 0.15) is 11.9 Å². The van der Waals surface area contributed by atoms with Crippen LogP contribution < -0.4 is 0 Å². The second-order valence-electron chi connectivity index (χ2n) is 8.76. The Morgan fingerprint density at radius 1 is 1.21 bits per heavy atom. The van der Waals surface area contributed by atoms with Crippen molar-refractivity contribution in [1.29, 1.82) is 0 Å². The van der Waals surface area contributed by atoms with Gasteiger partial charge in [0.15, 0.2) is 5.17 Å². The van der Waals surface area contributed by atoms with Gasteiger partial charge in [-0.2, -0.15) is 0 Å². The van der Waals surface area contributed by atoms with Gasteiger partial charge in [-0.25, -0.2) is 9.89 Å². The van der Waals surface area contributed by atoms with E-state index in [1.165, 1.54) is 18.2 Å². The lowest BCUT2D eigenvalue weighted by molar-refractivity contribution is -0.131. The Bertz CT molecular complexity index is 885. The largest absolute Gasteiger partial charge is 0.341 e. The van der Waals surface area contributed by atoms with Gasteiger partial charge in [-0.15, -0.1) is 0 Å². The van der Waals surface area contributed by atoms with E-state index in [9.17, 15) is 9.59 Å². The van der Waals surface area contributed by atoms with E-state index in [4.69, 9.17) is 9.98 Å². The van der Waals surface area contributed by atoms with Crippen molar-refractivity contribution in [3.8, 4) is 0 Å². The molecule has 4 rings (SSSR count). The Hall–Kier alpha value is -2.15. The average Bonchev–Trinajstić information content (AvgIpc) is 3.03. The number of carbonyl (C=O) groups excluding carboxylic acids is 2. The van der Waals surface area contributed by atoms with Crippen LogP contribution in [-0.2, 0) is 9.59 Å². The fourth-order valence-corrected chi connectivity index (χ4v) is 5.29. The lowest BCUT2D eigenvalue weighted by atomic mass is 9.92. The number of para-hydroxylation sites is 1. The van der Waals surface area contributed by atoms with E-state index in [1.807, 2.05) is 43.0 Å². The molecule has 1 fully saturated rings. The van der Waals surface area contributed by atoms with Gasteiger partial charge >= 0.3 is 0 Å². The third kappa shape index (κ3) is 3.84. The first-order valence-corrected chi connectivity index (χ1v) is 11.3. The van der Waals surface area contributed by atoms with Crippen molar-refractivity contribution < 1.29 is 9.59 Å². The summed E-state index contributed by atoms with van der Waals surface area (Å²) in [5.41, 5.74) is 1.67. The first-order chi connectivity index (χ1) is 13.8. The molecule has 0 N–H and O–H groups in total. The summed E-state index contributed by atoms with van der Waals surface area (Å²) in [5.74, 6) is 2.16. The van der Waals surface area contributed by atoms with E-state index in [1.54, 1.807) is 4.90 Å². The fraction of sp³-hybridized carbons (Fsp3) is 0.545. The number of carbonyl (C=O) groups is 2. The van der Waals surface area contributed by atoms with E-state index < -0.39 is 6.04 Å². The number of fused-ring (bicyclic) bond motifs is 3. The van der Waals surface area contributed by atoms with Gasteiger partial charge in [-0.05, 0) is 36.3 Å². The molecule has 0 bridgehead atoms. The van der Waals surface area contributed by atoms with Gasteiger partial charge in [0.2, 0.25) is 5.91 Å². The minimum Gasteiger partial charge on any atom is -0.341 e. The molecule has 6 nitrogen and oxygen atoms in total. The highest BCUT2D eigenvalue weighted by Crippen LogP contribution is 2.35. The van der Waals surface area contributed by atoms with Crippen molar-refractivity contribution >= 4 is 40.3 Å². The Labute approximate surface area is 176 Å². The second-order valence-corrected chi connectivity index (χ2v) is 9.70. The molecule has 2 amide bonds. The number of amides is 2. The molecule has 1 aromatic rings. The number of rotatable bonds is 3. The number of hydrogen-bond donors (Lipinski definition) is 0. The zero-order valence-corrected chi connectivity index (χ0v) is 18.3. The number of hydrogen-bond acceptors (Lipinski definition) is 5. The minimum atomic E-state index is -0.401. The molecule has 0 spiro atoms. The van der Waals surface area contributed by atoms with E-state index in [2.05, 4.69) is 13.8 Å². The van der Waals surface area contributed by atoms with Crippen molar-refractivity contribution in [2.75, 3.05) is 18.8 Å². The summed E-state index contributed by atoms with van der Waals surface area (Å²) in [6.45, 7) is 10.0. The third-order valence-corrected chi connectivity index (χ3v) is 6.60. The lowest BCUT2D eigenvalue weighted by Gasteiger charge is -2.35. The summed E-state index contributed by atoms with van der Waals surface area (Å²) < 4.78 is 0. The SMILES string of the molecule is CC(C)[C@H]1N=C2c3ccccc3N=C(SCC(=O)N3C[C@H](C)C[C@H](C)C3)N2C1=O. The van der Waals surface area contributed by atoms with Crippen molar-refractivity contribution in [3.05, 3.63) is 29.8 Å². The standard InChI is InChI=1S/C22H28N4O2S/c1-13(2)19-21(28)26-20(24-19)16-7-5-6-8-17(16)23-22(26)29-12-18(27)25-10-14(3)9-15(4)11-25/h5-8,13-15,19H,9-12H2,1-4H3/t14-,15+,19-/m1/s1. The average molecular weight is 413 g/mol. The molecule has 0 unspecified atom stereocenters. The van der Waals surface area contributed by atoms with E-state index in [-0.39, 0.29) is 23.5 Å². The first kappa shape index (κ1) is 20.1. The first-order valence-electron chi connectivity index (χ1n) is 10.4. The van der Waals surface area contributed by atoms with Gasteiger partial charge in [-0.3, -0.25) is 14.6 Å². The zero-order chi connectivity index (χ0) is 20.7. The number of benzene rings is 1. The molecule has 1 saturated heterocycles. The van der Waals surface area contributed by atoms with Crippen molar-refractivity contribution in [3.63, 3.8) is 0 Å². The van der Waals surface area contributed by atoms with Crippen LogP contribution >= 0.6 is 11.8 Å². The molecule has 0 aromatic heterocycles. The lowest BCUT2D eigenvalue weighted by Crippen LogP contribution is -2.45. The minimum absolute atomic E-state index is 0.0524. The number of nitrogens with zero attached hydrogens (tertiary/aromatic N) is 4. The number of likely N-dealkylation sites (tertiary alicyclic amines) is 1. The summed E-state index contributed by atoms with van der Waals surface area (Å²) >= 11 is 1.34. The topological polar surface area (TPSA) is 65.3 Å². The number of amidine groups is 2. The van der Waals surface area contributed by atoms with Crippen LogP contribution in [0.15, 0.2) is 34.3 Å². The van der Waals surface area contributed by atoms with Crippen LogP contribution in [0, 0.1) is 17.8 Å². The molecule has 0 radical (unpaired) electrons. The van der Waals surface area contributed by atoms with Crippen LogP contribution in [0.25, 0.3) is 0 Å². The normalized spacial score (nSPS) is 26.2. The van der Waals surface area contributed by atoms with Crippen molar-refractivity contribution in [2.45, 2.75) is 40.2 Å². The summed E-state index contributed by atoms with van der Waals surface area (Å²) in [4.78, 5) is 38.9. The van der Waals surface area contributed by atoms with E-state index in [0.29, 0.717) is 22.8 Å². The highest BCUT2D eigenvalue weighted by Gasteiger charge is 2.42. The van der Waals surface area contributed by atoms with Crippen LogP contribution in [-0.4, -0.2) is 57.5 Å². The number of aliphatic imine (C=N–C) groups is 2. The smallest absolute Gasteiger partial charge is 0.259 e. The summed E-state index contributed by atoms with van der Waals surface area (Å²) in [5, 5.41) is 0.557. The summed E-state index contributed by atoms with van der Waals surface area (Å²) in [7, 11) is 0. The Morgan fingerprint density at radius 3 is 2.59 bits per heavy atom. The number of piperidine rings is 1. The molecule has 154 valence electrons. The molecule has 3 aliphatic rings. The maximum absolute atomic E-state index is 13.1. The summed E-state index contributed by atoms with van der Waals surface area (Å²) in [6, 6.07) is 7.34. The molecule has 7 heteroatoms. The number of thioether (sulfide) groups is 1. The monoisotopic (exact) mass is 412 g/mol. The third-order valence-electron chi connectivity index (χ3n) is 5.68. The van der Waals surface area contributed by atoms with Crippen molar-refractivity contribution in [1.82, 2.24) is 9.80 Å². The Morgan fingerprint density at radius 2 is 1.90 bits per heavy atom. The van der Waals surface area contributed by atoms with Gasteiger partial charge in [0.05, 0.1) is 11.4 Å². The maximum atomic E-state index is 13.1. The quantitative estimate of drug-likeness (QED) is 0.763. The van der Waals surface area contributed by atoms with Gasteiger partial charge in [-0.1, -0.05) is 51.6 Å². The zero-order valence-electron chi connectivity index (χ0n) is 17.5. The molecule has 1 aromatic carbocycles. The summed E-state index contributed by atoms with van der Waals surface area (Å²) in [6.07, 6.45) is 1.17. The molecule has 0 aliphatic carbocycles. The molecule has 3 aliphatic heterocycles. The Kier molecular flexibility index (Phi) is 5.51. The van der Waals surface area contributed by atoms with Crippen LogP contribution in [0.2, 0.25) is 0 Å². The Balaban J connectivity index is 1.56. The predicted octanol–water partition coefficient (Wildman–Crippen LogP) is 3.54. The van der Waals surface area contributed by atoms with Gasteiger partial charge < -0.3 is 4.90 Å². The molecule has 3 atom stereocenters. The highest BCUT2D eigenvalue weighted by atomic mass is 32.2. The fourth-order valence-electron chi connectivity index (χ4n) is 4.38. The van der Waals surface area contributed by atoms with Gasteiger partial charge in [0, 0.05) is 18.7 Å². The van der Waals surface area contributed by atoms with Gasteiger partial charge in [0.25, 0.3) is 5.91 Å². The molecular formula is C22H28N4O2S. The molecule has 3 heterocycles. The van der Waals surface area contributed by atoms with Crippen LogP contribution in [0.1, 0.15) is 39.7 Å². The highest BCUT2D eigenvalue weighted by molar-refractivity contribution is 8.14. The van der Waals surface area contributed by atoms with E-state index in [0.717, 1.165) is 24.3 Å². The van der Waals surface area contributed by atoms with Crippen LogP contribution in [0.5, 0.6) is 0 Å². The maximum Gasteiger partial charge on any atom is 0.259 e. The van der Waals surface area contributed by atoms with Crippen LogP contribution in [0.3, 0.4) is 0 Å². The van der Waals surface area contributed by atoms with Crippen LogP contribution in [0.4, 0.5) is 5.69 Å². The molecular weight excluding hydrogens is 384 g/mol. The molecule has 29 heavy (non-hydrogen) atoms. The predicted molar refractivity (Wildman–Crippen MR) is 118 cm³/mol.